The molecule has 1 heterocycles. The second-order valence-corrected chi connectivity index (χ2v) is 7.41. The van der Waals surface area contributed by atoms with Gasteiger partial charge in [0.05, 0.1) is 5.56 Å². The van der Waals surface area contributed by atoms with Gasteiger partial charge in [-0.1, -0.05) is 65.0 Å². The van der Waals surface area contributed by atoms with Crippen LogP contribution in [0.15, 0.2) is 52.9 Å². The van der Waals surface area contributed by atoms with Gasteiger partial charge in [0, 0.05) is 5.02 Å². The molecule has 3 rings (SSSR count). The molecule has 1 N–H and O–H groups in total. The molecule has 0 aliphatic heterocycles. The number of nitrogens with zero attached hydrogens (tertiary/aromatic N) is 2. The van der Waals surface area contributed by atoms with Crippen LogP contribution in [-0.4, -0.2) is 22.4 Å². The fourth-order valence-electron chi connectivity index (χ4n) is 2.05. The second kappa shape index (κ2) is 8.33. The predicted molar refractivity (Wildman–Crippen MR) is 102 cm³/mol. The van der Waals surface area contributed by atoms with Crippen LogP contribution in [0.3, 0.4) is 0 Å². The lowest BCUT2D eigenvalue weighted by molar-refractivity contribution is 0.102. The molecule has 0 saturated heterocycles. The van der Waals surface area contributed by atoms with Crippen LogP contribution in [0.4, 0.5) is 5.13 Å². The number of halogens is 1. The Hall–Kier alpha value is -2.09. The van der Waals surface area contributed by atoms with Crippen molar-refractivity contribution in [3.8, 4) is 5.75 Å². The maximum Gasteiger partial charge on any atom is 0.261 e. The smallest absolute Gasteiger partial charge is 0.261 e. The molecule has 0 bridgehead atoms. The summed E-state index contributed by atoms with van der Waals surface area (Å²) in [5.41, 5.74) is 1.36. The summed E-state index contributed by atoms with van der Waals surface area (Å²) in [6.07, 6.45) is 1.90. The van der Waals surface area contributed by atoms with Crippen molar-refractivity contribution in [3.05, 3.63) is 64.7 Å². The number of rotatable bonds is 6. The molecular weight excluding hydrogens is 378 g/mol. The van der Waals surface area contributed by atoms with E-state index in [1.807, 2.05) is 36.6 Å². The van der Waals surface area contributed by atoms with Crippen molar-refractivity contribution in [2.45, 2.75) is 10.9 Å². The van der Waals surface area contributed by atoms with Gasteiger partial charge in [0.1, 0.15) is 12.4 Å². The first-order valence-electron chi connectivity index (χ1n) is 7.31. The van der Waals surface area contributed by atoms with E-state index >= 15 is 0 Å². The summed E-state index contributed by atoms with van der Waals surface area (Å²) in [6, 6.07) is 14.7. The average molecular weight is 392 g/mol. The number of benzene rings is 2. The number of anilines is 1. The molecule has 1 aromatic heterocycles. The number of thioether (sulfide) groups is 1. The van der Waals surface area contributed by atoms with Crippen LogP contribution in [0, 0.1) is 0 Å². The lowest BCUT2D eigenvalue weighted by Gasteiger charge is -2.11. The maximum atomic E-state index is 12.6. The number of nitrogens with one attached hydrogen (secondary N) is 1. The highest BCUT2D eigenvalue weighted by molar-refractivity contribution is 8.00. The van der Waals surface area contributed by atoms with Crippen LogP contribution in [-0.2, 0) is 6.61 Å². The summed E-state index contributed by atoms with van der Waals surface area (Å²) in [6.45, 7) is 0.359. The summed E-state index contributed by atoms with van der Waals surface area (Å²) >= 11 is 8.83. The van der Waals surface area contributed by atoms with Gasteiger partial charge >= 0.3 is 0 Å². The molecule has 1 amide bonds. The minimum atomic E-state index is -0.339. The normalized spacial score (nSPS) is 10.5. The Balaban J connectivity index is 1.77. The van der Waals surface area contributed by atoms with Crippen LogP contribution in [0.1, 0.15) is 15.9 Å². The average Bonchev–Trinajstić information content (AvgIpc) is 3.09. The van der Waals surface area contributed by atoms with Gasteiger partial charge in [-0.2, -0.15) is 0 Å². The van der Waals surface area contributed by atoms with Crippen molar-refractivity contribution in [2.75, 3.05) is 11.6 Å². The SMILES string of the molecule is CSc1nnc(NC(=O)c2cc(Cl)ccc2OCc2ccccc2)s1. The highest BCUT2D eigenvalue weighted by Gasteiger charge is 2.16. The Labute approximate surface area is 158 Å². The predicted octanol–water partition coefficient (Wildman–Crippen LogP) is 4.74. The molecule has 2 aromatic carbocycles. The van der Waals surface area contributed by atoms with Gasteiger partial charge in [-0.05, 0) is 30.0 Å². The molecule has 0 saturated carbocycles. The van der Waals surface area contributed by atoms with E-state index in [4.69, 9.17) is 16.3 Å². The fourth-order valence-corrected chi connectivity index (χ4v) is 3.39. The van der Waals surface area contributed by atoms with Gasteiger partial charge in [0.2, 0.25) is 5.13 Å². The van der Waals surface area contributed by atoms with Crippen molar-refractivity contribution in [3.63, 3.8) is 0 Å². The van der Waals surface area contributed by atoms with Gasteiger partial charge in [-0.25, -0.2) is 0 Å². The van der Waals surface area contributed by atoms with Crippen molar-refractivity contribution in [1.82, 2.24) is 10.2 Å². The molecule has 0 aliphatic rings. The van der Waals surface area contributed by atoms with Gasteiger partial charge in [-0.15, -0.1) is 10.2 Å². The Kier molecular flexibility index (Phi) is 5.91. The molecule has 128 valence electrons. The quantitative estimate of drug-likeness (QED) is 0.485. The molecule has 0 unspecified atom stereocenters. The highest BCUT2D eigenvalue weighted by atomic mass is 35.5. The summed E-state index contributed by atoms with van der Waals surface area (Å²) in [7, 11) is 0. The number of hydrogen-bond acceptors (Lipinski definition) is 6. The largest absolute Gasteiger partial charge is 0.488 e. The summed E-state index contributed by atoms with van der Waals surface area (Å²) in [4.78, 5) is 12.6. The number of amides is 1. The molecule has 8 heteroatoms. The first kappa shape index (κ1) is 17.7. The van der Waals surface area contributed by atoms with Crippen LogP contribution in [0.5, 0.6) is 5.75 Å². The van der Waals surface area contributed by atoms with Crippen LogP contribution < -0.4 is 10.1 Å². The zero-order valence-corrected chi connectivity index (χ0v) is 15.6. The molecule has 0 radical (unpaired) electrons. The van der Waals surface area contributed by atoms with Crippen molar-refractivity contribution in [2.24, 2.45) is 0 Å². The van der Waals surface area contributed by atoms with E-state index in [0.717, 1.165) is 9.90 Å². The molecule has 0 aliphatic carbocycles. The minimum Gasteiger partial charge on any atom is -0.488 e. The lowest BCUT2D eigenvalue weighted by Crippen LogP contribution is -2.13. The third-order valence-electron chi connectivity index (χ3n) is 3.22. The fraction of sp³-hybridized carbons (Fsp3) is 0.118. The lowest BCUT2D eigenvalue weighted by atomic mass is 10.2. The van der Waals surface area contributed by atoms with Gasteiger partial charge < -0.3 is 4.74 Å². The van der Waals surface area contributed by atoms with Crippen molar-refractivity contribution in [1.29, 1.82) is 0 Å². The Morgan fingerprint density at radius 1 is 1.24 bits per heavy atom. The zero-order valence-electron chi connectivity index (χ0n) is 13.2. The third-order valence-corrected chi connectivity index (χ3v) is 5.27. The monoisotopic (exact) mass is 391 g/mol. The van der Waals surface area contributed by atoms with Gasteiger partial charge in [0.15, 0.2) is 4.34 Å². The van der Waals surface area contributed by atoms with Gasteiger partial charge in [0.25, 0.3) is 5.91 Å². The van der Waals surface area contributed by atoms with Crippen LogP contribution in [0.25, 0.3) is 0 Å². The van der Waals surface area contributed by atoms with E-state index in [0.29, 0.717) is 28.1 Å². The Morgan fingerprint density at radius 3 is 2.76 bits per heavy atom. The zero-order chi connectivity index (χ0) is 17.6. The standard InChI is InChI=1S/C17H14ClN3O2S2/c1-24-17-21-20-16(25-17)19-15(22)13-9-12(18)7-8-14(13)23-10-11-5-3-2-4-6-11/h2-9H,10H2,1H3,(H,19,20,22). The minimum absolute atomic E-state index is 0.339. The summed E-state index contributed by atoms with van der Waals surface area (Å²) in [5.74, 6) is 0.120. The molecule has 0 atom stereocenters. The summed E-state index contributed by atoms with van der Waals surface area (Å²) in [5, 5.41) is 11.5. The topological polar surface area (TPSA) is 64.1 Å². The molecule has 0 fully saturated rings. The maximum absolute atomic E-state index is 12.6. The first-order valence-corrected chi connectivity index (χ1v) is 9.73. The van der Waals surface area contributed by atoms with E-state index in [-0.39, 0.29) is 5.91 Å². The van der Waals surface area contributed by atoms with Crippen LogP contribution in [0.2, 0.25) is 5.02 Å². The highest BCUT2D eigenvalue weighted by Crippen LogP contribution is 2.27. The number of carbonyl (C=O) groups is 1. The van der Waals surface area contributed by atoms with E-state index in [1.54, 1.807) is 18.2 Å². The van der Waals surface area contributed by atoms with Crippen LogP contribution >= 0.6 is 34.7 Å². The van der Waals surface area contributed by atoms with Crippen molar-refractivity contribution >= 4 is 45.7 Å². The molecule has 5 nitrogen and oxygen atoms in total. The molecule has 25 heavy (non-hydrogen) atoms. The number of carbonyl (C=O) groups excluding carboxylic acids is 1. The number of ether oxygens (including phenoxy) is 1. The van der Waals surface area contributed by atoms with Crippen molar-refractivity contribution < 1.29 is 9.53 Å². The van der Waals surface area contributed by atoms with E-state index in [1.165, 1.54) is 23.1 Å². The van der Waals surface area contributed by atoms with Gasteiger partial charge in [-0.3, -0.25) is 10.1 Å². The first-order chi connectivity index (χ1) is 12.2. The number of hydrogen-bond donors (Lipinski definition) is 1. The Morgan fingerprint density at radius 2 is 2.04 bits per heavy atom. The molecule has 0 spiro atoms. The van der Waals surface area contributed by atoms with E-state index in [9.17, 15) is 4.79 Å². The second-order valence-electron chi connectivity index (χ2n) is 4.95. The Bertz CT molecular complexity index is 871. The molecule has 3 aromatic rings. The summed E-state index contributed by atoms with van der Waals surface area (Å²) < 4.78 is 6.59. The third kappa shape index (κ3) is 4.72. The number of aromatic nitrogens is 2. The van der Waals surface area contributed by atoms with E-state index < -0.39 is 0 Å². The van der Waals surface area contributed by atoms with E-state index in [2.05, 4.69) is 15.5 Å². The molecular formula is C17H14ClN3O2S2.